The van der Waals surface area contributed by atoms with Crippen LogP contribution in [0.15, 0.2) is 18.5 Å². The Morgan fingerprint density at radius 3 is 2.41 bits per heavy atom. The fourth-order valence-corrected chi connectivity index (χ4v) is 4.07. The average Bonchev–Trinajstić information content (AvgIpc) is 3.06. The molecular weight excluding hydrogens is 383 g/mol. The number of rotatable bonds is 4. The molecule has 0 amide bonds. The number of likely N-dealkylation sites (tertiary alicyclic amines) is 1. The highest BCUT2D eigenvalue weighted by Crippen LogP contribution is 2.36. The third kappa shape index (κ3) is 3.98. The van der Waals surface area contributed by atoms with E-state index in [0.29, 0.717) is 17.3 Å². The molecule has 0 atom stereocenters. The van der Waals surface area contributed by atoms with E-state index in [1.54, 1.807) is 0 Å². The summed E-state index contributed by atoms with van der Waals surface area (Å²) in [6, 6.07) is 1.86. The number of nitrogens with two attached hydrogens (primary N) is 1. The molecule has 0 unspecified atom stereocenters. The monoisotopic (exact) mass is 409 g/mol. The zero-order valence-corrected chi connectivity index (χ0v) is 16.6. The number of pyridine rings is 1. The predicted molar refractivity (Wildman–Crippen MR) is 103 cm³/mol. The molecule has 2 aromatic heterocycles. The lowest BCUT2D eigenvalue weighted by molar-refractivity contribution is -0.137. The molecule has 0 radical (unpaired) electrons. The maximum absolute atomic E-state index is 13.2. The number of ether oxygens (including phenoxy) is 1. The second-order valence-electron chi connectivity index (χ2n) is 8.16. The van der Waals surface area contributed by atoms with Crippen molar-refractivity contribution in [2.75, 3.05) is 32.0 Å². The topological polar surface area (TPSA) is 69.2 Å². The lowest BCUT2D eigenvalue weighted by Crippen LogP contribution is -2.51. The molecule has 2 N–H and O–H groups in total. The van der Waals surface area contributed by atoms with E-state index in [0.717, 1.165) is 51.0 Å². The van der Waals surface area contributed by atoms with Gasteiger partial charge in [-0.05, 0) is 18.9 Å². The third-order valence-electron chi connectivity index (χ3n) is 5.83. The first-order valence-electron chi connectivity index (χ1n) is 9.97. The van der Waals surface area contributed by atoms with Gasteiger partial charge in [0.15, 0.2) is 0 Å². The van der Waals surface area contributed by atoms with Crippen LogP contribution in [0.4, 0.5) is 19.0 Å². The Hall–Kier alpha value is -2.13. The van der Waals surface area contributed by atoms with Crippen molar-refractivity contribution in [2.24, 2.45) is 0 Å². The lowest BCUT2D eigenvalue weighted by Gasteiger charge is -2.41. The van der Waals surface area contributed by atoms with E-state index in [9.17, 15) is 13.2 Å². The summed E-state index contributed by atoms with van der Waals surface area (Å²) in [5, 5.41) is 0. The lowest BCUT2D eigenvalue weighted by atomic mass is 10.0. The van der Waals surface area contributed by atoms with Gasteiger partial charge in [0.1, 0.15) is 11.6 Å². The SMILES string of the molecule is CC(C)c1nc(-c2cnc(N)c(C(F)(F)F)c2)cn1C1CCN(C2COC2)CC1. The Morgan fingerprint density at radius 1 is 1.17 bits per heavy atom. The highest BCUT2D eigenvalue weighted by Gasteiger charge is 2.35. The van der Waals surface area contributed by atoms with Crippen LogP contribution in [-0.2, 0) is 10.9 Å². The second-order valence-corrected chi connectivity index (χ2v) is 8.16. The number of anilines is 1. The molecule has 2 aliphatic rings. The molecule has 9 heteroatoms. The number of hydrogen-bond acceptors (Lipinski definition) is 5. The first-order chi connectivity index (χ1) is 13.7. The second kappa shape index (κ2) is 7.60. The van der Waals surface area contributed by atoms with Crippen LogP contribution < -0.4 is 5.73 Å². The Balaban J connectivity index is 1.61. The molecule has 0 aliphatic carbocycles. The summed E-state index contributed by atoms with van der Waals surface area (Å²) in [4.78, 5) is 10.9. The largest absolute Gasteiger partial charge is 0.419 e. The fourth-order valence-electron chi connectivity index (χ4n) is 4.07. The van der Waals surface area contributed by atoms with Gasteiger partial charge in [-0.2, -0.15) is 13.2 Å². The molecule has 29 heavy (non-hydrogen) atoms. The van der Waals surface area contributed by atoms with Gasteiger partial charge in [0.05, 0.1) is 30.5 Å². The van der Waals surface area contributed by atoms with Gasteiger partial charge in [0, 0.05) is 43.0 Å². The van der Waals surface area contributed by atoms with E-state index >= 15 is 0 Å². The van der Waals surface area contributed by atoms with Gasteiger partial charge in [-0.25, -0.2) is 9.97 Å². The number of alkyl halides is 3. The van der Waals surface area contributed by atoms with E-state index in [2.05, 4.69) is 19.4 Å². The van der Waals surface area contributed by atoms with Gasteiger partial charge in [0.2, 0.25) is 0 Å². The normalized spacial score (nSPS) is 19.7. The molecular formula is C20H26F3N5O. The number of hydrogen-bond donors (Lipinski definition) is 1. The van der Waals surface area contributed by atoms with Gasteiger partial charge in [0.25, 0.3) is 0 Å². The van der Waals surface area contributed by atoms with Crippen LogP contribution in [0.25, 0.3) is 11.3 Å². The van der Waals surface area contributed by atoms with Crippen LogP contribution in [0.5, 0.6) is 0 Å². The highest BCUT2D eigenvalue weighted by molar-refractivity contribution is 5.62. The zero-order chi connectivity index (χ0) is 20.8. The number of aromatic nitrogens is 3. The number of nitrogens with zero attached hydrogens (tertiary/aromatic N) is 4. The summed E-state index contributed by atoms with van der Waals surface area (Å²) >= 11 is 0. The molecule has 0 saturated carbocycles. The van der Waals surface area contributed by atoms with E-state index < -0.39 is 17.6 Å². The van der Waals surface area contributed by atoms with Crippen molar-refractivity contribution in [3.63, 3.8) is 0 Å². The Morgan fingerprint density at radius 2 is 1.86 bits per heavy atom. The molecule has 2 aliphatic heterocycles. The quantitative estimate of drug-likeness (QED) is 0.834. The van der Waals surface area contributed by atoms with E-state index in [-0.39, 0.29) is 12.0 Å². The number of piperidine rings is 1. The molecule has 0 spiro atoms. The van der Waals surface area contributed by atoms with Crippen molar-refractivity contribution < 1.29 is 17.9 Å². The smallest absolute Gasteiger partial charge is 0.383 e. The minimum absolute atomic E-state index is 0.158. The Labute approximate surface area is 167 Å². The van der Waals surface area contributed by atoms with Crippen molar-refractivity contribution in [1.29, 1.82) is 0 Å². The third-order valence-corrected chi connectivity index (χ3v) is 5.83. The highest BCUT2D eigenvalue weighted by atomic mass is 19.4. The van der Waals surface area contributed by atoms with Gasteiger partial charge in [-0.15, -0.1) is 0 Å². The fraction of sp³-hybridized carbons (Fsp3) is 0.600. The van der Waals surface area contributed by atoms with Crippen molar-refractivity contribution in [1.82, 2.24) is 19.4 Å². The van der Waals surface area contributed by atoms with Gasteiger partial charge >= 0.3 is 6.18 Å². The summed E-state index contributed by atoms with van der Waals surface area (Å²) < 4.78 is 47.1. The van der Waals surface area contributed by atoms with Gasteiger partial charge in [-0.3, -0.25) is 4.90 Å². The average molecular weight is 409 g/mol. The van der Waals surface area contributed by atoms with Gasteiger partial charge < -0.3 is 15.0 Å². The standard InChI is InChI=1S/C20H26F3N5O/c1-12(2)19-26-17(13-7-16(20(21,22)23)18(24)25-8-13)9-28(19)14-3-5-27(6-4-14)15-10-29-11-15/h7-9,12,14-15H,3-6,10-11H2,1-2H3,(H2,24,25). The Kier molecular flexibility index (Phi) is 5.29. The number of halogens is 3. The van der Waals surface area contributed by atoms with E-state index in [1.807, 2.05) is 20.0 Å². The Bertz CT molecular complexity index is 867. The van der Waals surface area contributed by atoms with Crippen LogP contribution in [0, 0.1) is 0 Å². The molecule has 4 rings (SSSR count). The first kappa shape index (κ1) is 20.2. The minimum Gasteiger partial charge on any atom is -0.383 e. The van der Waals surface area contributed by atoms with Crippen molar-refractivity contribution in [3.05, 3.63) is 29.8 Å². The van der Waals surface area contributed by atoms with Crippen LogP contribution in [0.1, 0.15) is 50.0 Å². The van der Waals surface area contributed by atoms with Crippen molar-refractivity contribution in [2.45, 2.75) is 50.9 Å². The van der Waals surface area contributed by atoms with E-state index in [1.165, 1.54) is 6.20 Å². The predicted octanol–water partition coefficient (Wildman–Crippen LogP) is 3.71. The summed E-state index contributed by atoms with van der Waals surface area (Å²) in [5.41, 5.74) is 5.34. The zero-order valence-electron chi connectivity index (χ0n) is 16.6. The maximum Gasteiger partial charge on any atom is 0.419 e. The van der Waals surface area contributed by atoms with Crippen molar-refractivity contribution >= 4 is 5.82 Å². The molecule has 2 saturated heterocycles. The van der Waals surface area contributed by atoms with Crippen molar-refractivity contribution in [3.8, 4) is 11.3 Å². The molecule has 4 heterocycles. The molecule has 2 aromatic rings. The maximum atomic E-state index is 13.2. The van der Waals surface area contributed by atoms with Crippen LogP contribution in [-0.4, -0.2) is 51.8 Å². The minimum atomic E-state index is -4.55. The van der Waals surface area contributed by atoms with Crippen LogP contribution in [0.3, 0.4) is 0 Å². The first-order valence-corrected chi connectivity index (χ1v) is 9.97. The molecule has 6 nitrogen and oxygen atoms in total. The molecule has 2 fully saturated rings. The summed E-state index contributed by atoms with van der Waals surface area (Å²) in [6.07, 6.45) is 0.657. The summed E-state index contributed by atoms with van der Waals surface area (Å²) in [6.45, 7) is 7.69. The summed E-state index contributed by atoms with van der Waals surface area (Å²) in [7, 11) is 0. The molecule has 0 aromatic carbocycles. The van der Waals surface area contributed by atoms with Gasteiger partial charge in [-0.1, -0.05) is 13.8 Å². The molecule has 0 bridgehead atoms. The molecule has 158 valence electrons. The van der Waals surface area contributed by atoms with Crippen LogP contribution >= 0.6 is 0 Å². The number of nitrogen functional groups attached to an aromatic ring is 1. The van der Waals surface area contributed by atoms with Crippen LogP contribution in [0.2, 0.25) is 0 Å². The van der Waals surface area contributed by atoms with E-state index in [4.69, 9.17) is 10.5 Å². The summed E-state index contributed by atoms with van der Waals surface area (Å²) in [5.74, 6) is 0.526. The number of imidazole rings is 1.